The molecule has 0 fully saturated rings. The molecule has 0 saturated carbocycles. The minimum Gasteiger partial charge on any atom is -0.468 e. The number of ether oxygens (including phenoxy) is 1. The van der Waals surface area contributed by atoms with Crippen LogP contribution in [0.2, 0.25) is 0 Å². The summed E-state index contributed by atoms with van der Waals surface area (Å²) < 4.78 is 4.74. The van der Waals surface area contributed by atoms with E-state index in [1.54, 1.807) is 12.4 Å². The summed E-state index contributed by atoms with van der Waals surface area (Å²) in [6, 6.07) is 11.1. The lowest BCUT2D eigenvalue weighted by molar-refractivity contribution is -0.142. The van der Waals surface area contributed by atoms with Crippen molar-refractivity contribution >= 4 is 22.6 Å². The van der Waals surface area contributed by atoms with E-state index >= 15 is 0 Å². The molecule has 0 bridgehead atoms. The molecule has 0 amide bonds. The molecule has 3 rings (SSSR count). The second-order valence-electron chi connectivity index (χ2n) is 6.27. The van der Waals surface area contributed by atoms with E-state index in [-0.39, 0.29) is 0 Å². The van der Waals surface area contributed by atoms with E-state index in [1.165, 1.54) is 7.11 Å². The predicted octanol–water partition coefficient (Wildman–Crippen LogP) is 2.41. The van der Waals surface area contributed by atoms with Gasteiger partial charge in [0.25, 0.3) is 0 Å². The molecule has 2 N–H and O–H groups in total. The number of anilines is 1. The molecule has 6 heteroatoms. The second kappa shape index (κ2) is 7.49. The van der Waals surface area contributed by atoms with Crippen molar-refractivity contribution in [3.05, 3.63) is 54.4 Å². The largest absolute Gasteiger partial charge is 0.468 e. The Kier molecular flexibility index (Phi) is 5.14. The summed E-state index contributed by atoms with van der Waals surface area (Å²) in [7, 11) is 5.31. The van der Waals surface area contributed by atoms with E-state index in [2.05, 4.69) is 9.97 Å². The molecule has 26 heavy (non-hydrogen) atoms. The number of nitrogens with zero attached hydrogens (tertiary/aromatic N) is 3. The number of nitrogens with two attached hydrogens (primary N) is 1. The average Bonchev–Trinajstić information content (AvgIpc) is 2.67. The monoisotopic (exact) mass is 350 g/mol. The van der Waals surface area contributed by atoms with Gasteiger partial charge in [-0.2, -0.15) is 0 Å². The van der Waals surface area contributed by atoms with Crippen LogP contribution in [0.5, 0.6) is 0 Å². The topological polar surface area (TPSA) is 81.3 Å². The lowest BCUT2D eigenvalue weighted by Gasteiger charge is -2.18. The van der Waals surface area contributed by atoms with Crippen LogP contribution >= 0.6 is 0 Å². The number of rotatable bonds is 5. The van der Waals surface area contributed by atoms with Crippen molar-refractivity contribution in [2.45, 2.75) is 12.5 Å². The number of pyridine rings is 2. The highest BCUT2D eigenvalue weighted by atomic mass is 16.5. The molecule has 0 aliphatic rings. The number of aromatic nitrogens is 2. The molecular weight excluding hydrogens is 328 g/mol. The molecule has 134 valence electrons. The van der Waals surface area contributed by atoms with Crippen LogP contribution in [0.1, 0.15) is 5.56 Å². The van der Waals surface area contributed by atoms with Crippen molar-refractivity contribution in [2.75, 3.05) is 26.1 Å². The van der Waals surface area contributed by atoms with Gasteiger partial charge in [0.1, 0.15) is 6.04 Å². The number of carbonyl (C=O) groups is 1. The van der Waals surface area contributed by atoms with Gasteiger partial charge in [-0.15, -0.1) is 0 Å². The zero-order chi connectivity index (χ0) is 18.7. The number of carbonyl (C=O) groups excluding carboxylic acids is 1. The molecule has 0 radical (unpaired) electrons. The maximum absolute atomic E-state index is 11.7. The Hall–Kier alpha value is -2.99. The Balaban J connectivity index is 2.14. The maximum Gasteiger partial charge on any atom is 0.322 e. The van der Waals surface area contributed by atoms with Crippen LogP contribution in [-0.2, 0) is 16.0 Å². The van der Waals surface area contributed by atoms with Gasteiger partial charge in [-0.3, -0.25) is 14.8 Å². The number of benzene rings is 1. The van der Waals surface area contributed by atoms with E-state index in [0.717, 1.165) is 33.4 Å². The Morgan fingerprint density at radius 2 is 1.88 bits per heavy atom. The van der Waals surface area contributed by atoms with Crippen molar-refractivity contribution in [2.24, 2.45) is 5.73 Å². The molecule has 3 aromatic rings. The smallest absolute Gasteiger partial charge is 0.322 e. The molecule has 0 aliphatic carbocycles. The fourth-order valence-electron chi connectivity index (χ4n) is 3.04. The highest BCUT2D eigenvalue weighted by molar-refractivity contribution is 5.97. The van der Waals surface area contributed by atoms with Crippen molar-refractivity contribution in [3.63, 3.8) is 0 Å². The van der Waals surface area contributed by atoms with Gasteiger partial charge in [0.2, 0.25) is 0 Å². The van der Waals surface area contributed by atoms with Crippen molar-refractivity contribution in [3.8, 4) is 11.3 Å². The van der Waals surface area contributed by atoms with Gasteiger partial charge in [0.05, 0.1) is 24.0 Å². The van der Waals surface area contributed by atoms with E-state index in [4.69, 9.17) is 10.5 Å². The first-order chi connectivity index (χ1) is 12.5. The van der Waals surface area contributed by atoms with Crippen LogP contribution in [0.3, 0.4) is 0 Å². The van der Waals surface area contributed by atoms with Crippen molar-refractivity contribution in [1.82, 2.24) is 9.97 Å². The third-order valence-electron chi connectivity index (χ3n) is 4.33. The van der Waals surface area contributed by atoms with Crippen LogP contribution in [0.4, 0.5) is 5.69 Å². The first-order valence-electron chi connectivity index (χ1n) is 8.35. The van der Waals surface area contributed by atoms with Gasteiger partial charge in [0.15, 0.2) is 0 Å². The Morgan fingerprint density at radius 1 is 1.15 bits per heavy atom. The van der Waals surface area contributed by atoms with Gasteiger partial charge >= 0.3 is 5.97 Å². The van der Waals surface area contributed by atoms with E-state index in [9.17, 15) is 4.79 Å². The highest BCUT2D eigenvalue weighted by Gasteiger charge is 2.18. The van der Waals surface area contributed by atoms with Gasteiger partial charge in [0, 0.05) is 37.4 Å². The summed E-state index contributed by atoms with van der Waals surface area (Å²) in [5.74, 6) is -0.425. The molecule has 2 aromatic heterocycles. The summed E-state index contributed by atoms with van der Waals surface area (Å²) in [5.41, 5.74) is 10.6. The molecule has 1 aromatic carbocycles. The molecular formula is C20H22N4O2. The molecule has 0 aliphatic heterocycles. The first-order valence-corrected chi connectivity index (χ1v) is 8.35. The summed E-state index contributed by atoms with van der Waals surface area (Å²) in [5, 5.41) is 0.958. The lowest BCUT2D eigenvalue weighted by atomic mass is 9.96. The SMILES string of the molecule is COC(=O)[C@@H](N)Cc1ccc(-c2ncccc2N(C)C)c2ncccc12. The Morgan fingerprint density at radius 3 is 2.62 bits per heavy atom. The Bertz CT molecular complexity index is 940. The van der Waals surface area contributed by atoms with E-state index in [1.807, 2.05) is 55.4 Å². The number of fused-ring (bicyclic) bond motifs is 1. The van der Waals surface area contributed by atoms with Gasteiger partial charge in [-0.25, -0.2) is 0 Å². The molecule has 1 atom stereocenters. The minimum atomic E-state index is -0.707. The standard InChI is InChI=1S/C20H22N4O2/c1-24(2)17-7-5-11-23-19(17)15-9-8-13(12-16(21)20(25)26-3)14-6-4-10-22-18(14)15/h4-11,16H,12,21H2,1-3H3/t16-/m0/s1. The average molecular weight is 350 g/mol. The Labute approximate surface area is 152 Å². The quantitative estimate of drug-likeness (QED) is 0.712. The number of esters is 1. The number of methoxy groups -OCH3 is 1. The van der Waals surface area contributed by atoms with Crippen LogP contribution in [-0.4, -0.2) is 43.2 Å². The van der Waals surface area contributed by atoms with Gasteiger partial charge in [-0.1, -0.05) is 18.2 Å². The van der Waals surface area contributed by atoms with Crippen molar-refractivity contribution in [1.29, 1.82) is 0 Å². The van der Waals surface area contributed by atoms with Gasteiger partial charge in [-0.05, 0) is 30.2 Å². The summed E-state index contributed by atoms with van der Waals surface area (Å²) >= 11 is 0. The van der Waals surface area contributed by atoms with E-state index < -0.39 is 12.0 Å². The third kappa shape index (κ3) is 3.36. The van der Waals surface area contributed by atoms with E-state index in [0.29, 0.717) is 6.42 Å². The molecule has 2 heterocycles. The second-order valence-corrected chi connectivity index (χ2v) is 6.27. The number of hydrogen-bond donors (Lipinski definition) is 1. The predicted molar refractivity (Wildman–Crippen MR) is 103 cm³/mol. The van der Waals surface area contributed by atoms with Crippen molar-refractivity contribution < 1.29 is 9.53 Å². The maximum atomic E-state index is 11.7. The normalized spacial score (nSPS) is 12.0. The summed E-state index contributed by atoms with van der Waals surface area (Å²) in [4.78, 5) is 22.9. The van der Waals surface area contributed by atoms with Gasteiger partial charge < -0.3 is 15.4 Å². The molecule has 6 nitrogen and oxygen atoms in total. The third-order valence-corrected chi connectivity index (χ3v) is 4.33. The van der Waals surface area contributed by atoms with Crippen LogP contribution in [0, 0.1) is 0 Å². The first kappa shape index (κ1) is 17.8. The van der Waals surface area contributed by atoms with Crippen LogP contribution in [0.15, 0.2) is 48.8 Å². The fourth-order valence-corrected chi connectivity index (χ4v) is 3.04. The summed E-state index contributed by atoms with van der Waals surface area (Å²) in [6.45, 7) is 0. The zero-order valence-corrected chi connectivity index (χ0v) is 15.1. The molecule has 0 unspecified atom stereocenters. The molecule has 0 spiro atoms. The van der Waals surface area contributed by atoms with Crippen LogP contribution in [0.25, 0.3) is 22.2 Å². The minimum absolute atomic E-state index is 0.387. The zero-order valence-electron chi connectivity index (χ0n) is 15.1. The fraction of sp³-hybridized carbons (Fsp3) is 0.250. The summed E-state index contributed by atoms with van der Waals surface area (Å²) in [6.07, 6.45) is 3.92. The number of hydrogen-bond acceptors (Lipinski definition) is 6. The highest BCUT2D eigenvalue weighted by Crippen LogP contribution is 2.33. The van der Waals surface area contributed by atoms with Crippen LogP contribution < -0.4 is 10.6 Å². The lowest BCUT2D eigenvalue weighted by Crippen LogP contribution is -2.33. The molecule has 0 saturated heterocycles.